The minimum atomic E-state index is -0.0686. The van der Waals surface area contributed by atoms with E-state index < -0.39 is 0 Å². The summed E-state index contributed by atoms with van der Waals surface area (Å²) < 4.78 is 5.30. The maximum absolute atomic E-state index is 12.0. The van der Waals surface area contributed by atoms with Crippen molar-refractivity contribution in [1.82, 2.24) is 4.98 Å². The number of carbonyl (C=O) groups excluding carboxylic acids is 1. The molecule has 1 aliphatic rings. The molecule has 3 N–H and O–H groups in total. The maximum atomic E-state index is 12.0. The molecule has 112 valence electrons. The number of nitrogen functional groups attached to an aromatic ring is 1. The van der Waals surface area contributed by atoms with Crippen molar-refractivity contribution < 1.29 is 9.53 Å². The summed E-state index contributed by atoms with van der Waals surface area (Å²) >= 11 is 0. The van der Waals surface area contributed by atoms with Gasteiger partial charge < -0.3 is 15.8 Å². The first kappa shape index (κ1) is 15.1. The molecule has 2 rings (SSSR count). The summed E-state index contributed by atoms with van der Waals surface area (Å²) in [5.74, 6) is 0.891. The van der Waals surface area contributed by atoms with Crippen LogP contribution in [0.5, 0.6) is 5.88 Å². The van der Waals surface area contributed by atoms with Crippen molar-refractivity contribution in [2.45, 2.75) is 39.0 Å². The second-order valence-corrected chi connectivity index (χ2v) is 5.22. The van der Waals surface area contributed by atoms with Crippen molar-refractivity contribution in [3.63, 3.8) is 0 Å². The third kappa shape index (κ3) is 3.85. The fourth-order valence-electron chi connectivity index (χ4n) is 2.63. The van der Waals surface area contributed by atoms with Crippen molar-refractivity contribution in [3.8, 4) is 11.9 Å². The SMILES string of the molecule is CCOc1nc(NC(=O)CC2CCCC2)cc(N)c1C#N. The lowest BCUT2D eigenvalue weighted by atomic mass is 10.0. The number of nitrogens with zero attached hydrogens (tertiary/aromatic N) is 2. The van der Waals surface area contributed by atoms with Crippen LogP contribution in [-0.2, 0) is 4.79 Å². The van der Waals surface area contributed by atoms with Crippen molar-refractivity contribution >= 4 is 17.4 Å². The highest BCUT2D eigenvalue weighted by molar-refractivity contribution is 5.90. The van der Waals surface area contributed by atoms with Crippen LogP contribution in [0.1, 0.15) is 44.6 Å². The Balaban J connectivity index is 2.08. The first-order valence-electron chi connectivity index (χ1n) is 7.27. The van der Waals surface area contributed by atoms with Gasteiger partial charge in [0.1, 0.15) is 17.5 Å². The number of pyridine rings is 1. The molecule has 1 aromatic rings. The van der Waals surface area contributed by atoms with Crippen LogP contribution in [0.25, 0.3) is 0 Å². The van der Waals surface area contributed by atoms with E-state index in [9.17, 15) is 4.79 Å². The van der Waals surface area contributed by atoms with Gasteiger partial charge in [0, 0.05) is 12.5 Å². The Morgan fingerprint density at radius 1 is 1.57 bits per heavy atom. The topological polar surface area (TPSA) is 101 Å². The average molecular weight is 288 g/mol. The second kappa shape index (κ2) is 6.93. The van der Waals surface area contributed by atoms with Crippen molar-refractivity contribution in [3.05, 3.63) is 11.6 Å². The highest BCUT2D eigenvalue weighted by Gasteiger charge is 2.19. The molecule has 1 aliphatic carbocycles. The third-order valence-corrected chi connectivity index (χ3v) is 3.63. The van der Waals surface area contributed by atoms with Crippen LogP contribution in [0.3, 0.4) is 0 Å². The number of amides is 1. The Labute approximate surface area is 124 Å². The molecule has 0 atom stereocenters. The number of hydrogen-bond donors (Lipinski definition) is 2. The van der Waals surface area contributed by atoms with Gasteiger partial charge in [-0.3, -0.25) is 4.79 Å². The minimum Gasteiger partial charge on any atom is -0.477 e. The molecule has 1 heterocycles. The number of hydrogen-bond acceptors (Lipinski definition) is 5. The first-order valence-corrected chi connectivity index (χ1v) is 7.27. The Morgan fingerprint density at radius 3 is 2.90 bits per heavy atom. The number of nitrogens with one attached hydrogen (secondary N) is 1. The van der Waals surface area contributed by atoms with E-state index in [-0.39, 0.29) is 23.0 Å². The molecule has 6 heteroatoms. The van der Waals surface area contributed by atoms with Crippen LogP contribution in [-0.4, -0.2) is 17.5 Å². The predicted octanol–water partition coefficient (Wildman–Crippen LogP) is 2.45. The van der Waals surface area contributed by atoms with Gasteiger partial charge in [0.15, 0.2) is 0 Å². The third-order valence-electron chi connectivity index (χ3n) is 3.63. The summed E-state index contributed by atoms with van der Waals surface area (Å²) in [6.07, 6.45) is 5.13. The lowest BCUT2D eigenvalue weighted by Gasteiger charge is -2.12. The summed E-state index contributed by atoms with van der Waals surface area (Å²) in [5, 5.41) is 11.8. The number of nitriles is 1. The van der Waals surface area contributed by atoms with Crippen molar-refractivity contribution in [2.24, 2.45) is 5.92 Å². The number of ether oxygens (including phenoxy) is 1. The number of carbonyl (C=O) groups is 1. The minimum absolute atomic E-state index is 0.0686. The van der Waals surface area contributed by atoms with Crippen molar-refractivity contribution in [2.75, 3.05) is 17.7 Å². The largest absolute Gasteiger partial charge is 0.477 e. The molecule has 0 aromatic carbocycles. The van der Waals surface area contributed by atoms with Crippen LogP contribution < -0.4 is 15.8 Å². The van der Waals surface area contributed by atoms with E-state index in [0.717, 1.165) is 12.8 Å². The van der Waals surface area contributed by atoms with E-state index >= 15 is 0 Å². The standard InChI is InChI=1S/C15H20N4O2/c1-2-21-15-11(9-16)12(17)8-13(19-15)18-14(20)7-10-5-3-4-6-10/h8,10H,2-7H2,1H3,(H3,17,18,19,20). The molecule has 1 fully saturated rings. The zero-order valence-corrected chi connectivity index (χ0v) is 12.2. The predicted molar refractivity (Wildman–Crippen MR) is 79.7 cm³/mol. The van der Waals surface area contributed by atoms with Crippen LogP contribution >= 0.6 is 0 Å². The van der Waals surface area contributed by atoms with Gasteiger partial charge in [-0.15, -0.1) is 0 Å². The van der Waals surface area contributed by atoms with E-state index in [1.165, 1.54) is 18.9 Å². The highest BCUT2D eigenvalue weighted by Crippen LogP contribution is 2.28. The summed E-state index contributed by atoms with van der Waals surface area (Å²) in [7, 11) is 0. The molecule has 1 saturated carbocycles. The molecule has 0 bridgehead atoms. The van der Waals surface area contributed by atoms with E-state index in [1.54, 1.807) is 6.92 Å². The zero-order chi connectivity index (χ0) is 15.2. The summed E-state index contributed by atoms with van der Waals surface area (Å²) in [5.41, 5.74) is 6.26. The maximum Gasteiger partial charge on any atom is 0.235 e. The van der Waals surface area contributed by atoms with Gasteiger partial charge in [-0.25, -0.2) is 0 Å². The molecule has 0 spiro atoms. The van der Waals surface area contributed by atoms with Gasteiger partial charge in [0.05, 0.1) is 12.3 Å². The molecule has 0 radical (unpaired) electrons. The molecular formula is C15H20N4O2. The second-order valence-electron chi connectivity index (χ2n) is 5.22. The molecule has 6 nitrogen and oxygen atoms in total. The first-order chi connectivity index (χ1) is 10.1. The lowest BCUT2D eigenvalue weighted by molar-refractivity contribution is -0.117. The molecule has 0 saturated heterocycles. The van der Waals surface area contributed by atoms with Gasteiger partial charge in [-0.05, 0) is 25.7 Å². The smallest absolute Gasteiger partial charge is 0.235 e. The summed E-state index contributed by atoms with van der Waals surface area (Å²) in [6, 6.07) is 3.46. The van der Waals surface area contributed by atoms with E-state index in [4.69, 9.17) is 15.7 Å². The number of rotatable bonds is 5. The van der Waals surface area contributed by atoms with Crippen LogP contribution in [0.4, 0.5) is 11.5 Å². The van der Waals surface area contributed by atoms with Gasteiger partial charge in [0.25, 0.3) is 0 Å². The van der Waals surface area contributed by atoms with Gasteiger partial charge >= 0.3 is 0 Å². The molecular weight excluding hydrogens is 268 g/mol. The molecule has 0 aliphatic heterocycles. The Hall–Kier alpha value is -2.29. The Morgan fingerprint density at radius 2 is 2.29 bits per heavy atom. The number of aromatic nitrogens is 1. The van der Waals surface area contributed by atoms with Gasteiger partial charge in [0.2, 0.25) is 11.8 Å². The summed E-state index contributed by atoms with van der Waals surface area (Å²) in [6.45, 7) is 2.17. The normalized spacial score (nSPS) is 14.7. The lowest BCUT2D eigenvalue weighted by Crippen LogP contribution is -2.16. The average Bonchev–Trinajstić information content (AvgIpc) is 2.91. The van der Waals surface area contributed by atoms with E-state index in [0.29, 0.717) is 24.8 Å². The van der Waals surface area contributed by atoms with Crippen molar-refractivity contribution in [1.29, 1.82) is 5.26 Å². The fourth-order valence-corrected chi connectivity index (χ4v) is 2.63. The highest BCUT2D eigenvalue weighted by atomic mass is 16.5. The summed E-state index contributed by atoms with van der Waals surface area (Å²) in [4.78, 5) is 16.2. The fraction of sp³-hybridized carbons (Fsp3) is 0.533. The number of nitrogens with two attached hydrogens (primary N) is 1. The van der Waals surface area contributed by atoms with Crippen LogP contribution in [0.15, 0.2) is 6.07 Å². The van der Waals surface area contributed by atoms with Crippen LogP contribution in [0, 0.1) is 17.2 Å². The molecule has 0 unspecified atom stereocenters. The zero-order valence-electron chi connectivity index (χ0n) is 12.2. The van der Waals surface area contributed by atoms with Crippen LogP contribution in [0.2, 0.25) is 0 Å². The van der Waals surface area contributed by atoms with E-state index in [1.807, 2.05) is 6.07 Å². The molecule has 1 amide bonds. The number of anilines is 2. The molecule has 1 aromatic heterocycles. The molecule has 21 heavy (non-hydrogen) atoms. The van der Waals surface area contributed by atoms with Gasteiger partial charge in [-0.2, -0.15) is 10.2 Å². The monoisotopic (exact) mass is 288 g/mol. The Kier molecular flexibility index (Phi) is 4.99. The van der Waals surface area contributed by atoms with E-state index in [2.05, 4.69) is 10.3 Å². The van der Waals surface area contributed by atoms with Gasteiger partial charge in [-0.1, -0.05) is 12.8 Å². The Bertz CT molecular complexity index is 560. The quantitative estimate of drug-likeness (QED) is 0.866.